The maximum Gasteiger partial charge on any atom is 0.307 e. The van der Waals surface area contributed by atoms with Gasteiger partial charge in [0.1, 0.15) is 0 Å². The van der Waals surface area contributed by atoms with Gasteiger partial charge in [-0.2, -0.15) is 0 Å². The molecule has 3 aromatic rings. The highest BCUT2D eigenvalue weighted by Gasteiger charge is 2.29. The van der Waals surface area contributed by atoms with Crippen LogP contribution in [0.25, 0.3) is 11.1 Å². The smallest absolute Gasteiger partial charge is 0.307 e. The number of aromatic nitrogens is 2. The Morgan fingerprint density at radius 2 is 1.67 bits per heavy atom. The van der Waals surface area contributed by atoms with Gasteiger partial charge in [0.15, 0.2) is 17.5 Å². The van der Waals surface area contributed by atoms with E-state index in [2.05, 4.69) is 28.7 Å². The van der Waals surface area contributed by atoms with Crippen molar-refractivity contribution in [3.63, 3.8) is 0 Å². The third kappa shape index (κ3) is 9.44. The lowest BCUT2D eigenvalue weighted by Crippen LogP contribution is -2.38. The second kappa shape index (κ2) is 13.5. The molecule has 0 radical (unpaired) electrons. The first-order valence-corrected chi connectivity index (χ1v) is 13.9. The number of anilines is 1. The molecule has 42 heavy (non-hydrogen) atoms. The second-order valence-corrected chi connectivity index (χ2v) is 12.3. The average Bonchev–Trinajstić information content (AvgIpc) is 2.87. The van der Waals surface area contributed by atoms with Crippen molar-refractivity contribution >= 4 is 11.7 Å². The minimum absolute atomic E-state index is 0.0258. The molecule has 1 saturated heterocycles. The Morgan fingerprint density at radius 1 is 1.02 bits per heavy atom. The van der Waals surface area contributed by atoms with E-state index in [1.165, 1.54) is 18.3 Å². The summed E-state index contributed by atoms with van der Waals surface area (Å²) < 4.78 is 47.0. The van der Waals surface area contributed by atoms with Crippen LogP contribution in [0.4, 0.5) is 18.9 Å². The van der Waals surface area contributed by atoms with E-state index in [-0.39, 0.29) is 30.7 Å². The lowest BCUT2D eigenvalue weighted by molar-refractivity contribution is -0.136. The number of piperidine rings is 1. The minimum atomic E-state index is -0.963. The summed E-state index contributed by atoms with van der Waals surface area (Å²) in [4.78, 5) is 22.4. The van der Waals surface area contributed by atoms with Crippen molar-refractivity contribution < 1.29 is 32.9 Å². The first-order valence-electron chi connectivity index (χ1n) is 13.9. The first-order chi connectivity index (χ1) is 19.5. The number of halogens is 3. The van der Waals surface area contributed by atoms with E-state index < -0.39 is 29.0 Å². The standard InChI is InChI=1S/C28H30F3N3O3.C4H10O/c1-17-20(14-25(35)36)26(34-9-7-28(2,3)8-10-34)21(16-32-17)19-13-24(31)27(33-15-19)37-11-6-18-4-5-22(29)23(30)12-18;1-4(2,3)5/h4-5,12-13,15-16H,6-11,14H2,1-3H3,(H,35,36);5H,1-3H3. The molecule has 1 aromatic carbocycles. The van der Waals surface area contributed by atoms with Gasteiger partial charge in [-0.15, -0.1) is 0 Å². The van der Waals surface area contributed by atoms with Crippen molar-refractivity contribution in [1.29, 1.82) is 0 Å². The Morgan fingerprint density at radius 3 is 2.24 bits per heavy atom. The number of rotatable bonds is 8. The largest absolute Gasteiger partial charge is 0.481 e. The number of ether oxygens (including phenoxy) is 1. The molecule has 1 aliphatic heterocycles. The maximum atomic E-state index is 15.0. The van der Waals surface area contributed by atoms with Crippen molar-refractivity contribution in [2.75, 3.05) is 24.6 Å². The predicted molar refractivity (Wildman–Crippen MR) is 156 cm³/mol. The van der Waals surface area contributed by atoms with E-state index in [0.29, 0.717) is 27.9 Å². The Labute approximate surface area is 245 Å². The van der Waals surface area contributed by atoms with Gasteiger partial charge < -0.3 is 19.8 Å². The summed E-state index contributed by atoms with van der Waals surface area (Å²) in [5, 5.41) is 18.1. The van der Waals surface area contributed by atoms with Gasteiger partial charge in [0.05, 0.1) is 24.3 Å². The van der Waals surface area contributed by atoms with E-state index in [0.717, 1.165) is 43.8 Å². The lowest BCUT2D eigenvalue weighted by atomic mass is 9.82. The van der Waals surface area contributed by atoms with Crippen molar-refractivity contribution in [2.24, 2.45) is 5.41 Å². The van der Waals surface area contributed by atoms with Gasteiger partial charge in [0.2, 0.25) is 5.88 Å². The van der Waals surface area contributed by atoms with Crippen molar-refractivity contribution in [2.45, 2.75) is 72.8 Å². The maximum absolute atomic E-state index is 15.0. The Kier molecular flexibility index (Phi) is 10.6. The zero-order valence-corrected chi connectivity index (χ0v) is 25.1. The summed E-state index contributed by atoms with van der Waals surface area (Å²) >= 11 is 0. The summed E-state index contributed by atoms with van der Waals surface area (Å²) in [6.07, 6.45) is 5.05. The summed E-state index contributed by atoms with van der Waals surface area (Å²) in [6.45, 7) is 13.0. The van der Waals surface area contributed by atoms with E-state index in [1.54, 1.807) is 33.9 Å². The molecule has 0 unspecified atom stereocenters. The molecule has 228 valence electrons. The fourth-order valence-corrected chi connectivity index (χ4v) is 4.54. The Bertz CT molecular complexity index is 1390. The highest BCUT2D eigenvalue weighted by Crippen LogP contribution is 2.40. The summed E-state index contributed by atoms with van der Waals surface area (Å²) in [6, 6.07) is 4.85. The van der Waals surface area contributed by atoms with Crippen LogP contribution in [0.1, 0.15) is 64.3 Å². The molecule has 3 heterocycles. The molecule has 2 N–H and O–H groups in total. The van der Waals surface area contributed by atoms with Crippen molar-refractivity contribution in [3.8, 4) is 17.0 Å². The van der Waals surface area contributed by atoms with Gasteiger partial charge in [-0.3, -0.25) is 9.78 Å². The van der Waals surface area contributed by atoms with Crippen LogP contribution in [-0.2, 0) is 17.6 Å². The number of hydrogen-bond acceptors (Lipinski definition) is 6. The number of aryl methyl sites for hydroxylation is 1. The van der Waals surface area contributed by atoms with E-state index >= 15 is 4.39 Å². The summed E-state index contributed by atoms with van der Waals surface area (Å²) in [5.74, 6) is -3.74. The highest BCUT2D eigenvalue weighted by molar-refractivity contribution is 5.84. The van der Waals surface area contributed by atoms with E-state index in [4.69, 9.17) is 9.84 Å². The Balaban J connectivity index is 0.000000892. The average molecular weight is 588 g/mol. The number of aliphatic carboxylic acids is 1. The number of benzene rings is 1. The van der Waals surface area contributed by atoms with Crippen LogP contribution < -0.4 is 9.64 Å². The number of aliphatic hydroxyl groups is 1. The molecule has 2 aromatic heterocycles. The molecule has 0 aliphatic carbocycles. The third-order valence-corrected chi connectivity index (χ3v) is 6.86. The van der Waals surface area contributed by atoms with Crippen LogP contribution in [0, 0.1) is 29.8 Å². The van der Waals surface area contributed by atoms with Crippen LogP contribution in [0.3, 0.4) is 0 Å². The second-order valence-electron chi connectivity index (χ2n) is 12.3. The van der Waals surface area contributed by atoms with Gasteiger partial charge in [0.25, 0.3) is 0 Å². The highest BCUT2D eigenvalue weighted by atomic mass is 19.2. The normalized spacial score (nSPS) is 14.7. The third-order valence-electron chi connectivity index (χ3n) is 6.86. The molecule has 1 aliphatic rings. The van der Waals surface area contributed by atoms with Crippen LogP contribution >= 0.6 is 0 Å². The van der Waals surface area contributed by atoms with Crippen molar-refractivity contribution in [1.82, 2.24) is 9.97 Å². The molecule has 0 amide bonds. The molecule has 10 heteroatoms. The minimum Gasteiger partial charge on any atom is -0.481 e. The molecule has 0 bridgehead atoms. The fraction of sp³-hybridized carbons (Fsp3) is 0.469. The zero-order valence-electron chi connectivity index (χ0n) is 25.1. The fourth-order valence-electron chi connectivity index (χ4n) is 4.54. The monoisotopic (exact) mass is 587 g/mol. The topological polar surface area (TPSA) is 95.8 Å². The first kappa shape index (κ1) is 32.8. The number of carboxylic acids is 1. The van der Waals surface area contributed by atoms with Crippen molar-refractivity contribution in [3.05, 3.63) is 70.9 Å². The summed E-state index contributed by atoms with van der Waals surface area (Å²) in [5.41, 5.74) is 3.26. The van der Waals surface area contributed by atoms with Crippen LogP contribution in [0.5, 0.6) is 5.88 Å². The summed E-state index contributed by atoms with van der Waals surface area (Å²) in [7, 11) is 0. The predicted octanol–water partition coefficient (Wildman–Crippen LogP) is 6.52. The molecular weight excluding hydrogens is 547 g/mol. The number of nitrogens with zero attached hydrogens (tertiary/aromatic N) is 3. The Hall–Kier alpha value is -3.66. The number of pyridine rings is 2. The number of carboxylic acid groups (broad SMARTS) is 1. The quantitative estimate of drug-likeness (QED) is 0.310. The van der Waals surface area contributed by atoms with Gasteiger partial charge >= 0.3 is 5.97 Å². The van der Waals surface area contributed by atoms with Crippen LogP contribution in [-0.4, -0.2) is 51.4 Å². The number of hydrogen-bond donors (Lipinski definition) is 2. The molecular formula is C32H40F3N3O4. The van der Waals surface area contributed by atoms with Gasteiger partial charge in [-0.25, -0.2) is 18.2 Å². The molecule has 1 fully saturated rings. The lowest BCUT2D eigenvalue weighted by Gasteiger charge is -2.40. The molecule has 0 spiro atoms. The van der Waals surface area contributed by atoms with E-state index in [9.17, 15) is 18.7 Å². The van der Waals surface area contributed by atoms with Gasteiger partial charge in [0, 0.05) is 54.3 Å². The molecule has 0 atom stereocenters. The van der Waals surface area contributed by atoms with Crippen LogP contribution in [0.15, 0.2) is 36.7 Å². The zero-order chi connectivity index (χ0) is 31.2. The number of carbonyl (C=O) groups is 1. The SMILES string of the molecule is CC(C)(C)O.Cc1ncc(-c2cnc(OCCc3ccc(F)c(F)c3)c(F)c2)c(N2CCC(C)(C)CC2)c1CC(=O)O. The van der Waals surface area contributed by atoms with Crippen LogP contribution in [0.2, 0.25) is 0 Å². The molecule has 0 saturated carbocycles. The van der Waals surface area contributed by atoms with Gasteiger partial charge in [-0.1, -0.05) is 19.9 Å². The van der Waals surface area contributed by atoms with E-state index in [1.807, 2.05) is 0 Å². The molecule has 4 rings (SSSR count). The molecule has 7 nitrogen and oxygen atoms in total. The van der Waals surface area contributed by atoms with Gasteiger partial charge in [-0.05, 0) is 69.7 Å².